The van der Waals surface area contributed by atoms with Crippen LogP contribution in [0.1, 0.15) is 131 Å². The first-order valence-corrected chi connectivity index (χ1v) is 48.6. The molecule has 0 aliphatic carbocycles. The van der Waals surface area contributed by atoms with Crippen molar-refractivity contribution in [1.82, 2.24) is 34.3 Å². The molecule has 2 amide bonds. The van der Waals surface area contributed by atoms with Gasteiger partial charge in [-0.25, -0.2) is 55.3 Å². The molecule has 3 saturated heterocycles. The van der Waals surface area contributed by atoms with Crippen LogP contribution in [0.2, 0.25) is 0 Å². The zero-order chi connectivity index (χ0) is 107. The number of alkyl halides is 13. The van der Waals surface area contributed by atoms with Gasteiger partial charge in [-0.2, -0.15) is 43.2 Å². The Hall–Kier alpha value is -6.43. The van der Waals surface area contributed by atoms with E-state index in [2.05, 4.69) is 96.9 Å². The summed E-state index contributed by atoms with van der Waals surface area (Å²) in [6, 6.07) is 51.8. The van der Waals surface area contributed by atoms with Crippen molar-refractivity contribution < 1.29 is 259 Å². The first-order chi connectivity index (χ1) is 66.6. The molecule has 788 valence electrons. The molecule has 0 saturated carbocycles. The second-order valence-corrected chi connectivity index (χ2v) is 38.9. The molecule has 0 radical (unpaired) electrons. The van der Waals surface area contributed by atoms with E-state index >= 15 is 0 Å². The average Bonchev–Trinajstić information content (AvgIpc) is 1.65. The van der Waals surface area contributed by atoms with Crippen molar-refractivity contribution in [3.63, 3.8) is 0 Å². The second kappa shape index (κ2) is 67.0. The third kappa shape index (κ3) is 48.7. The Morgan fingerprint density at radius 2 is 0.861 bits per heavy atom. The number of aryl methyl sites for hydroxylation is 1. The summed E-state index contributed by atoms with van der Waals surface area (Å²) < 4.78 is 238. The number of hydrogen-bond donors (Lipinski definition) is 4. The van der Waals surface area contributed by atoms with Gasteiger partial charge < -0.3 is 79.2 Å². The maximum Gasteiger partial charge on any atom is 1.00 e. The van der Waals surface area contributed by atoms with Crippen molar-refractivity contribution in [3.8, 4) is 28.8 Å². The van der Waals surface area contributed by atoms with Crippen LogP contribution in [-0.4, -0.2) is 225 Å². The average molecular weight is 2400 g/mol. The number of amides is 2. The minimum absolute atomic E-state index is 0. The summed E-state index contributed by atoms with van der Waals surface area (Å²) in [7, 11) is -11.6. The molecule has 3 aliphatic heterocycles. The van der Waals surface area contributed by atoms with E-state index in [0.29, 0.717) is 56.4 Å². The van der Waals surface area contributed by atoms with Crippen LogP contribution in [-0.2, 0) is 74.8 Å². The predicted octanol–water partition coefficient (Wildman–Crippen LogP) is 12.3. The van der Waals surface area contributed by atoms with Crippen LogP contribution in [0.5, 0.6) is 17.6 Å². The molecular formula is C92H111BBr4F13K2N7O23S2. The summed E-state index contributed by atoms with van der Waals surface area (Å²) in [6.45, 7) is 12.4. The van der Waals surface area contributed by atoms with Gasteiger partial charge in [0.2, 0.25) is 23.2 Å². The van der Waals surface area contributed by atoms with Crippen LogP contribution in [0.15, 0.2) is 228 Å². The van der Waals surface area contributed by atoms with E-state index in [0.717, 1.165) is 56.7 Å². The molecule has 3 aliphatic rings. The number of benzene rings is 4. The van der Waals surface area contributed by atoms with Gasteiger partial charge in [0.05, 0.1) is 60.9 Å². The van der Waals surface area contributed by atoms with Gasteiger partial charge in [-0.1, -0.05) is 109 Å². The number of H-pyrrole nitrogens is 1. The van der Waals surface area contributed by atoms with E-state index in [1.165, 1.54) is 16.7 Å². The van der Waals surface area contributed by atoms with Gasteiger partial charge in [0, 0.05) is 124 Å². The molecule has 4 N–H and O–H groups in total. The van der Waals surface area contributed by atoms with Crippen LogP contribution in [0, 0.1) is 0 Å². The van der Waals surface area contributed by atoms with E-state index in [4.69, 9.17) is 48.2 Å². The number of halogens is 17. The number of nitrogens with one attached hydrogen (secondary N) is 1. The topological polar surface area (TPSA) is 396 Å². The summed E-state index contributed by atoms with van der Waals surface area (Å²) in [5, 5.41) is 37.1. The molecule has 144 heavy (non-hydrogen) atoms. The number of hydrogen-bond acceptors (Lipinski definition) is 26. The van der Waals surface area contributed by atoms with Crippen LogP contribution < -0.4 is 139 Å². The van der Waals surface area contributed by atoms with Gasteiger partial charge in [-0.3, -0.25) is 22.7 Å². The molecule has 8 heterocycles. The van der Waals surface area contributed by atoms with Crippen molar-refractivity contribution in [1.29, 1.82) is 0 Å². The third-order valence-corrected chi connectivity index (χ3v) is 23.6. The van der Waals surface area contributed by atoms with E-state index in [9.17, 15) is 103 Å². The number of pyridine rings is 5. The smallest absolute Gasteiger partial charge is 1.00 e. The number of rotatable bonds is 31. The van der Waals surface area contributed by atoms with Crippen molar-refractivity contribution in [3.05, 3.63) is 262 Å². The van der Waals surface area contributed by atoms with E-state index < -0.39 is 132 Å². The zero-order valence-corrected chi connectivity index (χ0v) is 94.7. The quantitative estimate of drug-likeness (QED) is 0.00596. The predicted molar refractivity (Wildman–Crippen MR) is 515 cm³/mol. The number of cyclic esters (lactones) is 2. The van der Waals surface area contributed by atoms with Crippen molar-refractivity contribution in [2.24, 2.45) is 0 Å². The standard InChI is InChI=1S/C29H33FN2O4.C28H38BNO5.3C7H7BrFNO.C5H4BrNO.2C3H4F4O3S.C2H5FO.CH2O3.2K.H/c1-21(22-9-11-23(12-10-22)24-13-14-26(31-19-24)35-18-16-30)32-17-15-29(36-27(32)33,20-28(2,3)34)25-7-5-4-6-8-25;1-20(21-13-15-23(16-14-21)29-34-26(4,5)27(6,7)35-29)30-18-17-28(33-24(30)31,19-25(2,3)32)22-11-9-8-10-12-22;2*8-6-1-2-7(10-5-6)11-4-3-9;8-6-1-2-7(11)10(5-6)4-3-9;6-4-1-2-5(8)7-3-4;2*4-1-2-10-11(8,9)3(5,6)7;3-1-2-4;2-1-4-3;;;/h4-14,19,21,34H,15-18,20H2,1-3H3;8-16,20,32H,17-19H2,1-7H3;3*1-2,5H,3-4H2;1-3H,(H,7,8);2*1-2H2;4H,1-2H2;1,3H;;;/q;;;;;;;;;;2*+1;-1/p-1/t21-,29-;20-,28-;;;;;;;;;;;/m00.........../s1. The van der Waals surface area contributed by atoms with E-state index in [-0.39, 0.29) is 179 Å². The Morgan fingerprint density at radius 3 is 1.16 bits per heavy atom. The van der Waals surface area contributed by atoms with Gasteiger partial charge in [-0.15, -0.1) is 0 Å². The SMILES string of the molecule is C[C@@H](c1ccc(-c2ccc(OCCF)nc2)cc1)N1CC[C@](CC(C)(C)O)(c2ccccc2)OC1=O.C[C@@H](c1ccc(B2OC(C)(C)C(C)(C)O2)cc1)N1CC[C@](CC(C)(C)O)(c2ccccc2)OC1=O.FCCOc1ccc(Br)cn1.FCCOc1ccc(Br)cn1.O=CO[O-].O=S(=O)(OCCF)C(F)(F)F.O=S(=O)(OCCF)C(F)(F)F.O=c1ccc(Br)c[nH]1.O=c1ccc(Br)cn1CCF.OCCF.[H-].[K+].[K+]. The number of aliphatic hydroxyl groups excluding tert-OH is 1. The molecule has 0 spiro atoms. The van der Waals surface area contributed by atoms with E-state index in [1.54, 1.807) is 111 Å². The minimum atomic E-state index is -5.60. The van der Waals surface area contributed by atoms with Crippen molar-refractivity contribution in [2.45, 2.75) is 158 Å². The maximum atomic E-state index is 13.3. The number of aromatic nitrogens is 5. The Labute approximate surface area is 946 Å². The first kappa shape index (κ1) is 136. The van der Waals surface area contributed by atoms with Crippen molar-refractivity contribution >= 4 is 115 Å². The summed E-state index contributed by atoms with van der Waals surface area (Å²) in [4.78, 5) is 77.0. The summed E-state index contributed by atoms with van der Waals surface area (Å²) in [5.74, 6) is 1.29. The van der Waals surface area contributed by atoms with Crippen LogP contribution in [0.25, 0.3) is 11.1 Å². The van der Waals surface area contributed by atoms with Crippen molar-refractivity contribution in [2.75, 3.05) is 99.5 Å². The monoisotopic (exact) mass is 2400 g/mol. The Kier molecular flexibility index (Phi) is 63.1. The Morgan fingerprint density at radius 1 is 0.507 bits per heavy atom. The van der Waals surface area contributed by atoms with Crippen LogP contribution >= 0.6 is 63.7 Å². The van der Waals surface area contributed by atoms with Gasteiger partial charge in [0.15, 0.2) is 0 Å². The number of carbonyl (C=O) groups excluding carboxylic acids is 3. The van der Waals surface area contributed by atoms with Crippen LogP contribution in [0.3, 0.4) is 0 Å². The van der Waals surface area contributed by atoms with Gasteiger partial charge in [0.25, 0.3) is 12.0 Å². The third-order valence-electron chi connectivity index (χ3n) is 19.6. The zero-order valence-electron chi connectivity index (χ0n) is 81.4. The molecule has 52 heteroatoms. The second-order valence-electron chi connectivity index (χ2n) is 32.0. The molecule has 3 fully saturated rings. The number of aliphatic hydroxyl groups is 3. The normalized spacial score (nSPS) is 16.0. The maximum absolute atomic E-state index is 13.3. The molecule has 5 aromatic heterocycles. The first-order valence-electron chi connectivity index (χ1n) is 42.6. The Balaban J connectivity index is 0.00000173. The number of carbonyl (C=O) groups is 3. The number of aromatic amines is 1. The fraction of sp³-hybridized carbons (Fsp3) is 0.435. The summed E-state index contributed by atoms with van der Waals surface area (Å²) in [5.41, 5.74) is -9.03. The molecular weight excluding hydrogens is 2290 g/mol. The Bertz CT molecular complexity index is 5430. The molecule has 9 aromatic rings. The molecule has 0 bridgehead atoms. The fourth-order valence-corrected chi connectivity index (χ4v) is 14.5. The summed E-state index contributed by atoms with van der Waals surface area (Å²) >= 11 is 12.8. The van der Waals surface area contributed by atoms with Gasteiger partial charge in [0.1, 0.15) is 77.7 Å². The fourth-order valence-electron chi connectivity index (χ4n) is 12.5. The molecule has 12 rings (SSSR count). The van der Waals surface area contributed by atoms with Gasteiger partial charge >= 0.3 is 153 Å². The summed E-state index contributed by atoms with van der Waals surface area (Å²) in [6.07, 6.45) is 9.15. The molecule has 4 atom stereocenters. The largest absolute Gasteiger partial charge is 1.00 e. The van der Waals surface area contributed by atoms with Crippen LogP contribution in [0.4, 0.5) is 66.7 Å². The number of ether oxygens (including phenoxy) is 5. The van der Waals surface area contributed by atoms with Gasteiger partial charge in [-0.05, 0) is 197 Å². The minimum Gasteiger partial charge on any atom is -1.00 e. The number of nitrogens with zero attached hydrogens (tertiary/aromatic N) is 6. The molecule has 30 nitrogen and oxygen atoms in total. The van der Waals surface area contributed by atoms with E-state index in [1.807, 2.05) is 157 Å². The molecule has 0 unspecified atom stereocenters. The molecule has 4 aromatic carbocycles.